The first-order valence-electron chi connectivity index (χ1n) is 8.58. The first-order chi connectivity index (χ1) is 10.1. The summed E-state index contributed by atoms with van der Waals surface area (Å²) in [6.45, 7) is 16.8. The van der Waals surface area contributed by atoms with Gasteiger partial charge in [-0.15, -0.1) is 0 Å². The molecular formula is C17H38N2O2. The van der Waals surface area contributed by atoms with Gasteiger partial charge in [-0.1, -0.05) is 27.7 Å². The van der Waals surface area contributed by atoms with Crippen LogP contribution in [0.3, 0.4) is 0 Å². The highest BCUT2D eigenvalue weighted by molar-refractivity contribution is 4.60. The molecule has 21 heavy (non-hydrogen) atoms. The Hall–Kier alpha value is -0.160. The SMILES string of the molecule is CC(C)CCCOCCN1CCOCC1.CNCC(C)C. The maximum absolute atomic E-state index is 5.60. The van der Waals surface area contributed by atoms with Crippen molar-refractivity contribution in [2.24, 2.45) is 11.8 Å². The molecule has 128 valence electrons. The molecule has 0 amide bonds. The van der Waals surface area contributed by atoms with Crippen LogP contribution in [0.4, 0.5) is 0 Å². The summed E-state index contributed by atoms with van der Waals surface area (Å²) in [5.74, 6) is 1.59. The third kappa shape index (κ3) is 16.0. The van der Waals surface area contributed by atoms with Crippen molar-refractivity contribution in [3.05, 3.63) is 0 Å². The molecule has 1 fully saturated rings. The molecule has 4 nitrogen and oxygen atoms in total. The highest BCUT2D eigenvalue weighted by Crippen LogP contribution is 2.03. The van der Waals surface area contributed by atoms with Gasteiger partial charge in [-0.3, -0.25) is 4.90 Å². The fraction of sp³-hybridized carbons (Fsp3) is 1.00. The number of nitrogens with zero attached hydrogens (tertiary/aromatic N) is 1. The lowest BCUT2D eigenvalue weighted by atomic mass is 10.1. The number of rotatable bonds is 9. The summed E-state index contributed by atoms with van der Waals surface area (Å²) < 4.78 is 10.9. The molecule has 0 aromatic heterocycles. The number of morpholine rings is 1. The summed E-state index contributed by atoms with van der Waals surface area (Å²) in [5, 5.41) is 3.07. The van der Waals surface area contributed by atoms with Crippen molar-refractivity contribution < 1.29 is 9.47 Å². The Bertz CT molecular complexity index is 205. The second-order valence-corrected chi connectivity index (χ2v) is 6.55. The van der Waals surface area contributed by atoms with Crippen LogP contribution in [0, 0.1) is 11.8 Å². The van der Waals surface area contributed by atoms with E-state index in [-0.39, 0.29) is 0 Å². The van der Waals surface area contributed by atoms with Gasteiger partial charge in [-0.2, -0.15) is 0 Å². The van der Waals surface area contributed by atoms with Gasteiger partial charge in [0.25, 0.3) is 0 Å². The molecule has 1 aliphatic heterocycles. The second-order valence-electron chi connectivity index (χ2n) is 6.55. The quantitative estimate of drug-likeness (QED) is 0.664. The number of nitrogens with one attached hydrogen (secondary N) is 1. The minimum Gasteiger partial charge on any atom is -0.380 e. The Kier molecular flexibility index (Phi) is 14.7. The standard InChI is InChI=1S/C12H25NO2.C5H13N/c1-12(2)4-3-8-14-9-5-13-6-10-15-11-7-13;1-5(2)4-6-3/h12H,3-11H2,1-2H3;5-6H,4H2,1-3H3. The molecule has 1 N–H and O–H groups in total. The monoisotopic (exact) mass is 302 g/mol. The fourth-order valence-electron chi connectivity index (χ4n) is 2.12. The first-order valence-corrected chi connectivity index (χ1v) is 8.58. The minimum atomic E-state index is 0.787. The second kappa shape index (κ2) is 14.8. The molecule has 1 aliphatic rings. The molecule has 0 aromatic rings. The molecular weight excluding hydrogens is 264 g/mol. The van der Waals surface area contributed by atoms with E-state index in [4.69, 9.17) is 9.47 Å². The van der Waals surface area contributed by atoms with Crippen LogP contribution in [0.15, 0.2) is 0 Å². The van der Waals surface area contributed by atoms with Crippen LogP contribution in [0.2, 0.25) is 0 Å². The van der Waals surface area contributed by atoms with Crippen molar-refractivity contribution in [2.45, 2.75) is 40.5 Å². The Morgan fingerprint density at radius 1 is 1.05 bits per heavy atom. The summed E-state index contributed by atoms with van der Waals surface area (Å²) in [5.41, 5.74) is 0. The van der Waals surface area contributed by atoms with E-state index in [1.165, 1.54) is 12.8 Å². The third-order valence-corrected chi connectivity index (χ3v) is 3.34. The van der Waals surface area contributed by atoms with Crippen LogP contribution in [0.1, 0.15) is 40.5 Å². The number of ether oxygens (including phenoxy) is 2. The molecule has 0 saturated carbocycles. The van der Waals surface area contributed by atoms with Crippen molar-refractivity contribution in [1.82, 2.24) is 10.2 Å². The third-order valence-electron chi connectivity index (χ3n) is 3.34. The van der Waals surface area contributed by atoms with Crippen LogP contribution < -0.4 is 5.32 Å². The van der Waals surface area contributed by atoms with E-state index in [1.54, 1.807) is 0 Å². The molecule has 1 heterocycles. The molecule has 1 rings (SSSR count). The molecule has 0 spiro atoms. The van der Waals surface area contributed by atoms with Gasteiger partial charge in [0.2, 0.25) is 0 Å². The van der Waals surface area contributed by atoms with E-state index >= 15 is 0 Å². The zero-order valence-electron chi connectivity index (χ0n) is 15.0. The number of hydrogen-bond acceptors (Lipinski definition) is 4. The minimum absolute atomic E-state index is 0.787. The van der Waals surface area contributed by atoms with E-state index < -0.39 is 0 Å². The van der Waals surface area contributed by atoms with Crippen molar-refractivity contribution in [3.63, 3.8) is 0 Å². The maximum Gasteiger partial charge on any atom is 0.0594 e. The van der Waals surface area contributed by atoms with Crippen LogP contribution in [0.5, 0.6) is 0 Å². The van der Waals surface area contributed by atoms with E-state index in [0.717, 1.165) is 64.4 Å². The van der Waals surface area contributed by atoms with E-state index in [2.05, 4.69) is 37.9 Å². The van der Waals surface area contributed by atoms with E-state index in [1.807, 2.05) is 7.05 Å². The molecule has 1 saturated heterocycles. The molecule has 0 unspecified atom stereocenters. The highest BCUT2D eigenvalue weighted by atomic mass is 16.5. The highest BCUT2D eigenvalue weighted by Gasteiger charge is 2.08. The van der Waals surface area contributed by atoms with Gasteiger partial charge in [0.15, 0.2) is 0 Å². The lowest BCUT2D eigenvalue weighted by Crippen LogP contribution is -2.38. The van der Waals surface area contributed by atoms with Gasteiger partial charge in [0.1, 0.15) is 0 Å². The predicted molar refractivity (Wildman–Crippen MR) is 90.9 cm³/mol. The van der Waals surface area contributed by atoms with Gasteiger partial charge < -0.3 is 14.8 Å². The van der Waals surface area contributed by atoms with Gasteiger partial charge in [-0.05, 0) is 38.3 Å². The Morgan fingerprint density at radius 2 is 1.71 bits per heavy atom. The molecule has 0 atom stereocenters. The molecule has 4 heteroatoms. The van der Waals surface area contributed by atoms with Crippen LogP contribution >= 0.6 is 0 Å². The Morgan fingerprint density at radius 3 is 2.19 bits per heavy atom. The lowest BCUT2D eigenvalue weighted by Gasteiger charge is -2.26. The molecule has 0 radical (unpaired) electrons. The first kappa shape index (κ1) is 20.8. The van der Waals surface area contributed by atoms with Crippen molar-refractivity contribution in [2.75, 3.05) is 59.7 Å². The summed E-state index contributed by atoms with van der Waals surface area (Å²) in [6.07, 6.45) is 2.47. The van der Waals surface area contributed by atoms with E-state index in [9.17, 15) is 0 Å². The topological polar surface area (TPSA) is 33.7 Å². The normalized spacial score (nSPS) is 16.1. The summed E-state index contributed by atoms with van der Waals surface area (Å²) in [6, 6.07) is 0. The van der Waals surface area contributed by atoms with Crippen molar-refractivity contribution in [1.29, 1.82) is 0 Å². The van der Waals surface area contributed by atoms with Crippen LogP contribution in [0.25, 0.3) is 0 Å². The fourth-order valence-corrected chi connectivity index (χ4v) is 2.12. The summed E-state index contributed by atoms with van der Waals surface area (Å²) in [4.78, 5) is 2.41. The van der Waals surface area contributed by atoms with Crippen LogP contribution in [-0.4, -0.2) is 64.6 Å². The summed E-state index contributed by atoms with van der Waals surface area (Å²) in [7, 11) is 1.97. The molecule has 0 aliphatic carbocycles. The van der Waals surface area contributed by atoms with Gasteiger partial charge in [-0.25, -0.2) is 0 Å². The smallest absolute Gasteiger partial charge is 0.0594 e. The Balaban J connectivity index is 0.000000567. The van der Waals surface area contributed by atoms with Gasteiger partial charge in [0.05, 0.1) is 19.8 Å². The molecule has 0 aromatic carbocycles. The van der Waals surface area contributed by atoms with Crippen molar-refractivity contribution in [3.8, 4) is 0 Å². The van der Waals surface area contributed by atoms with Crippen LogP contribution in [-0.2, 0) is 9.47 Å². The number of hydrogen-bond donors (Lipinski definition) is 1. The summed E-state index contributed by atoms with van der Waals surface area (Å²) >= 11 is 0. The lowest BCUT2D eigenvalue weighted by molar-refractivity contribution is 0.0198. The van der Waals surface area contributed by atoms with Gasteiger partial charge >= 0.3 is 0 Å². The zero-order valence-corrected chi connectivity index (χ0v) is 15.0. The Labute approximate surface area is 132 Å². The average molecular weight is 303 g/mol. The van der Waals surface area contributed by atoms with Gasteiger partial charge in [0, 0.05) is 26.2 Å². The van der Waals surface area contributed by atoms with E-state index in [0.29, 0.717) is 0 Å². The largest absolute Gasteiger partial charge is 0.380 e. The maximum atomic E-state index is 5.60. The average Bonchev–Trinajstić information content (AvgIpc) is 2.44. The van der Waals surface area contributed by atoms with Crippen molar-refractivity contribution >= 4 is 0 Å². The predicted octanol–water partition coefficient (Wildman–Crippen LogP) is 2.63. The zero-order chi connectivity index (χ0) is 15.9. The molecule has 0 bridgehead atoms.